The summed E-state index contributed by atoms with van der Waals surface area (Å²) in [7, 11) is 1.31. The van der Waals surface area contributed by atoms with E-state index in [4.69, 9.17) is 0 Å². The van der Waals surface area contributed by atoms with Crippen molar-refractivity contribution in [2.45, 2.75) is 25.1 Å². The van der Waals surface area contributed by atoms with Crippen LogP contribution in [0.2, 0.25) is 0 Å². The van der Waals surface area contributed by atoms with Crippen molar-refractivity contribution in [3.63, 3.8) is 0 Å². The number of hydrogen-bond acceptors (Lipinski definition) is 2. The number of nitrogens with zero attached hydrogens (tertiary/aromatic N) is 3. The molecule has 0 aliphatic carbocycles. The fraction of sp³-hybridized carbons (Fsp3) is 0.375. The van der Waals surface area contributed by atoms with Gasteiger partial charge in [-0.15, -0.1) is 0 Å². The molecule has 24 heavy (non-hydrogen) atoms. The van der Waals surface area contributed by atoms with Crippen molar-refractivity contribution in [3.8, 4) is 0 Å². The zero-order valence-electron chi connectivity index (χ0n) is 12.8. The zero-order valence-corrected chi connectivity index (χ0v) is 12.8. The van der Waals surface area contributed by atoms with E-state index in [9.17, 15) is 22.4 Å². The van der Waals surface area contributed by atoms with Gasteiger partial charge >= 0.3 is 6.18 Å². The van der Waals surface area contributed by atoms with Crippen LogP contribution < -0.4 is 0 Å². The third-order valence-corrected chi connectivity index (χ3v) is 4.16. The van der Waals surface area contributed by atoms with Gasteiger partial charge in [0.1, 0.15) is 11.5 Å². The molecule has 0 spiro atoms. The molecule has 1 aliphatic heterocycles. The van der Waals surface area contributed by atoms with E-state index in [1.54, 1.807) is 12.1 Å². The highest BCUT2D eigenvalue weighted by Crippen LogP contribution is 2.34. The number of halogens is 4. The van der Waals surface area contributed by atoms with E-state index in [1.807, 2.05) is 0 Å². The summed E-state index contributed by atoms with van der Waals surface area (Å²) in [5.74, 6) is -0.886. The fourth-order valence-electron chi connectivity index (χ4n) is 2.99. The summed E-state index contributed by atoms with van der Waals surface area (Å²) in [6, 6.07) is 6.29. The molecule has 4 nitrogen and oxygen atoms in total. The van der Waals surface area contributed by atoms with Gasteiger partial charge in [0.05, 0.1) is 6.04 Å². The Morgan fingerprint density at radius 1 is 1.25 bits per heavy atom. The molecule has 0 radical (unpaired) electrons. The molecule has 128 valence electrons. The van der Waals surface area contributed by atoms with Crippen molar-refractivity contribution < 1.29 is 22.4 Å². The maximum Gasteiger partial charge on any atom is 0.435 e. The number of carbonyl (C=O) groups is 1. The van der Waals surface area contributed by atoms with Crippen molar-refractivity contribution >= 4 is 5.91 Å². The van der Waals surface area contributed by atoms with Crippen LogP contribution in [0.3, 0.4) is 0 Å². The Hall–Kier alpha value is -2.38. The van der Waals surface area contributed by atoms with Gasteiger partial charge < -0.3 is 4.90 Å². The highest BCUT2D eigenvalue weighted by atomic mass is 19.4. The van der Waals surface area contributed by atoms with Gasteiger partial charge in [-0.2, -0.15) is 18.3 Å². The third kappa shape index (κ3) is 3.00. The van der Waals surface area contributed by atoms with Crippen LogP contribution >= 0.6 is 0 Å². The van der Waals surface area contributed by atoms with Crippen LogP contribution in [0, 0.1) is 5.82 Å². The van der Waals surface area contributed by atoms with Crippen LogP contribution in [0.1, 0.15) is 40.6 Å². The van der Waals surface area contributed by atoms with Gasteiger partial charge in [0.15, 0.2) is 5.69 Å². The monoisotopic (exact) mass is 341 g/mol. The Morgan fingerprint density at radius 2 is 1.92 bits per heavy atom. The minimum Gasteiger partial charge on any atom is -0.330 e. The second-order valence-electron chi connectivity index (χ2n) is 5.74. The fourth-order valence-corrected chi connectivity index (χ4v) is 2.99. The quantitative estimate of drug-likeness (QED) is 0.784. The summed E-state index contributed by atoms with van der Waals surface area (Å²) >= 11 is 0. The molecule has 2 aromatic rings. The molecule has 1 aliphatic rings. The van der Waals surface area contributed by atoms with Crippen molar-refractivity contribution in [2.24, 2.45) is 7.05 Å². The Morgan fingerprint density at radius 3 is 2.50 bits per heavy atom. The zero-order chi connectivity index (χ0) is 17.5. The van der Waals surface area contributed by atoms with Crippen LogP contribution in [0.4, 0.5) is 17.6 Å². The second kappa shape index (κ2) is 5.92. The van der Waals surface area contributed by atoms with Crippen LogP contribution in [0.15, 0.2) is 30.3 Å². The molecule has 0 N–H and O–H groups in total. The SMILES string of the molecule is Cn1nc(C(F)(F)F)cc1C(=O)N1CCC[C@H]1c1ccc(F)cc1. The van der Waals surface area contributed by atoms with Crippen molar-refractivity contribution in [1.29, 1.82) is 0 Å². The summed E-state index contributed by atoms with van der Waals surface area (Å²) in [5.41, 5.74) is -0.442. The van der Waals surface area contributed by atoms with Crippen LogP contribution in [-0.4, -0.2) is 27.1 Å². The van der Waals surface area contributed by atoms with E-state index in [-0.39, 0.29) is 17.6 Å². The lowest BCUT2D eigenvalue weighted by atomic mass is 10.0. The second-order valence-corrected chi connectivity index (χ2v) is 5.74. The van der Waals surface area contributed by atoms with E-state index >= 15 is 0 Å². The van der Waals surface area contributed by atoms with Crippen LogP contribution in [0.25, 0.3) is 0 Å². The van der Waals surface area contributed by atoms with Gasteiger partial charge in [-0.25, -0.2) is 4.39 Å². The van der Waals surface area contributed by atoms with Crippen molar-refractivity contribution in [3.05, 3.63) is 53.1 Å². The molecule has 0 saturated carbocycles. The number of hydrogen-bond donors (Lipinski definition) is 0. The number of aryl methyl sites for hydroxylation is 1. The lowest BCUT2D eigenvalue weighted by Gasteiger charge is -2.25. The lowest BCUT2D eigenvalue weighted by molar-refractivity contribution is -0.141. The summed E-state index contributed by atoms with van der Waals surface area (Å²) in [4.78, 5) is 14.2. The molecule has 8 heteroatoms. The Labute approximate surface area is 135 Å². The highest BCUT2D eigenvalue weighted by Gasteiger charge is 2.37. The molecule has 1 atom stereocenters. The minimum atomic E-state index is -4.60. The van der Waals surface area contributed by atoms with E-state index in [0.717, 1.165) is 22.7 Å². The highest BCUT2D eigenvalue weighted by molar-refractivity contribution is 5.93. The predicted octanol–water partition coefficient (Wildman–Crippen LogP) is 3.56. The molecule has 3 rings (SSSR count). The minimum absolute atomic E-state index is 0.115. The lowest BCUT2D eigenvalue weighted by Crippen LogP contribution is -2.32. The van der Waals surface area contributed by atoms with E-state index in [0.29, 0.717) is 13.0 Å². The maximum absolute atomic E-state index is 13.1. The van der Waals surface area contributed by atoms with Gasteiger partial charge in [-0.3, -0.25) is 9.48 Å². The van der Waals surface area contributed by atoms with Gasteiger partial charge in [0.25, 0.3) is 5.91 Å². The number of aromatic nitrogens is 2. The average Bonchev–Trinajstić information content (AvgIpc) is 3.13. The first-order valence-corrected chi connectivity index (χ1v) is 7.45. The molecule has 1 saturated heterocycles. The third-order valence-electron chi connectivity index (χ3n) is 4.16. The summed E-state index contributed by atoms with van der Waals surface area (Å²) in [6.45, 7) is 0.438. The molecular weight excluding hydrogens is 326 g/mol. The number of alkyl halides is 3. The molecule has 1 aromatic heterocycles. The maximum atomic E-state index is 13.1. The standard InChI is InChI=1S/C16H15F4N3O/c1-22-13(9-14(21-22)16(18,19)20)15(24)23-8-2-3-12(23)10-4-6-11(17)7-5-10/h4-7,9,12H,2-3,8H2,1H3/t12-/m0/s1. The van der Waals surface area contributed by atoms with Gasteiger partial charge in [0.2, 0.25) is 0 Å². The van der Waals surface area contributed by atoms with E-state index < -0.39 is 17.8 Å². The van der Waals surface area contributed by atoms with Crippen molar-refractivity contribution in [2.75, 3.05) is 6.54 Å². The predicted molar refractivity (Wildman–Crippen MR) is 77.6 cm³/mol. The average molecular weight is 341 g/mol. The first-order valence-electron chi connectivity index (χ1n) is 7.45. The molecule has 0 bridgehead atoms. The Bertz CT molecular complexity index is 752. The summed E-state index contributed by atoms with van der Waals surface area (Å²) in [6.07, 6.45) is -3.18. The van der Waals surface area contributed by atoms with Crippen LogP contribution in [-0.2, 0) is 13.2 Å². The topological polar surface area (TPSA) is 38.1 Å². The summed E-state index contributed by atoms with van der Waals surface area (Å²) in [5, 5.41) is 3.38. The molecule has 0 unspecified atom stereocenters. The number of amides is 1. The number of rotatable bonds is 2. The van der Waals surface area contributed by atoms with E-state index in [2.05, 4.69) is 5.10 Å². The normalized spacial score (nSPS) is 18.2. The number of likely N-dealkylation sites (tertiary alicyclic amines) is 1. The molecule has 1 aromatic carbocycles. The summed E-state index contributed by atoms with van der Waals surface area (Å²) < 4.78 is 52.3. The Balaban J connectivity index is 1.89. The molecular formula is C16H15F4N3O. The molecule has 2 heterocycles. The molecule has 1 fully saturated rings. The largest absolute Gasteiger partial charge is 0.435 e. The van der Waals surface area contributed by atoms with Gasteiger partial charge in [-0.05, 0) is 30.5 Å². The number of carbonyl (C=O) groups excluding carboxylic acids is 1. The van der Waals surface area contributed by atoms with Gasteiger partial charge in [0, 0.05) is 19.7 Å². The smallest absolute Gasteiger partial charge is 0.330 e. The first-order chi connectivity index (χ1) is 11.3. The Kier molecular flexibility index (Phi) is 4.06. The van der Waals surface area contributed by atoms with Crippen molar-refractivity contribution in [1.82, 2.24) is 14.7 Å². The first kappa shape index (κ1) is 16.5. The van der Waals surface area contributed by atoms with Crippen LogP contribution in [0.5, 0.6) is 0 Å². The number of benzene rings is 1. The van der Waals surface area contributed by atoms with E-state index in [1.165, 1.54) is 24.1 Å². The molecule has 1 amide bonds. The van der Waals surface area contributed by atoms with Gasteiger partial charge in [-0.1, -0.05) is 12.1 Å².